The largest absolute Gasteiger partial charge is 0.436 e. The number of nitrogens with one attached hydrogen (secondary N) is 1. The van der Waals surface area contributed by atoms with Gasteiger partial charge in [0.05, 0.1) is 11.4 Å². The Labute approximate surface area is 263 Å². The Morgan fingerprint density at radius 1 is 1.02 bits per heavy atom. The van der Waals surface area contributed by atoms with Gasteiger partial charge in [-0.2, -0.15) is 0 Å². The molecule has 238 valence electrons. The molecular formula is C33H33F2N7O4. The number of rotatable bonds is 9. The number of carbonyl (C=O) groups excluding carboxylic acids is 1. The Morgan fingerprint density at radius 3 is 2.52 bits per heavy atom. The van der Waals surface area contributed by atoms with Gasteiger partial charge in [-0.3, -0.25) is 19.1 Å². The van der Waals surface area contributed by atoms with Crippen molar-refractivity contribution in [1.82, 2.24) is 28.9 Å². The Hall–Kier alpha value is -4.75. The molecule has 0 radical (unpaired) electrons. The molecule has 46 heavy (non-hydrogen) atoms. The first-order chi connectivity index (χ1) is 22.2. The van der Waals surface area contributed by atoms with Crippen molar-refractivity contribution in [2.75, 3.05) is 38.5 Å². The van der Waals surface area contributed by atoms with Crippen molar-refractivity contribution in [3.63, 3.8) is 0 Å². The second kappa shape index (κ2) is 12.2. The summed E-state index contributed by atoms with van der Waals surface area (Å²) in [6, 6.07) is 8.80. The SMILES string of the molecule is CN1CC(CN2CCc3c(ncnc3Oc3ccc(NC(=O)c4cn(CC5CC5)c(=O)n(-c5ccc(F)cc5)c4=O)cc3F)C2)C1. The summed E-state index contributed by atoms with van der Waals surface area (Å²) in [5.41, 5.74) is 0.129. The molecule has 1 saturated carbocycles. The second-order valence-corrected chi connectivity index (χ2v) is 12.4. The number of hydrogen-bond acceptors (Lipinski definition) is 8. The molecule has 2 aliphatic heterocycles. The molecule has 1 aliphatic carbocycles. The number of benzene rings is 2. The van der Waals surface area contributed by atoms with Gasteiger partial charge in [0.25, 0.3) is 11.5 Å². The van der Waals surface area contributed by atoms with E-state index in [0.717, 1.165) is 73.0 Å². The molecular weight excluding hydrogens is 596 g/mol. The van der Waals surface area contributed by atoms with Crippen molar-refractivity contribution in [2.45, 2.75) is 32.4 Å². The number of likely N-dealkylation sites (tertiary alicyclic amines) is 1. The number of anilines is 1. The molecule has 4 heterocycles. The fourth-order valence-electron chi connectivity index (χ4n) is 6.18. The number of hydrogen-bond donors (Lipinski definition) is 1. The fourth-order valence-corrected chi connectivity index (χ4v) is 6.18. The topological polar surface area (TPSA) is 115 Å². The molecule has 0 spiro atoms. The highest BCUT2D eigenvalue weighted by Crippen LogP contribution is 2.32. The minimum absolute atomic E-state index is 0.0736. The van der Waals surface area contributed by atoms with E-state index in [1.165, 1.54) is 41.4 Å². The van der Waals surface area contributed by atoms with Crippen LogP contribution in [0.25, 0.3) is 5.69 Å². The van der Waals surface area contributed by atoms with Crippen LogP contribution in [-0.2, 0) is 19.5 Å². The first-order valence-corrected chi connectivity index (χ1v) is 15.4. The fraction of sp³-hybridized carbons (Fsp3) is 0.364. The van der Waals surface area contributed by atoms with E-state index in [1.807, 2.05) is 0 Å². The van der Waals surface area contributed by atoms with Gasteiger partial charge in [0, 0.05) is 62.8 Å². The Morgan fingerprint density at radius 2 is 1.80 bits per heavy atom. The second-order valence-electron chi connectivity index (χ2n) is 12.4. The predicted octanol–water partition coefficient (Wildman–Crippen LogP) is 3.44. The van der Waals surface area contributed by atoms with Crippen molar-refractivity contribution >= 4 is 11.6 Å². The van der Waals surface area contributed by atoms with Gasteiger partial charge in [-0.15, -0.1) is 0 Å². The van der Waals surface area contributed by atoms with Gasteiger partial charge in [-0.1, -0.05) is 0 Å². The quantitative estimate of drug-likeness (QED) is 0.300. The smallest absolute Gasteiger partial charge is 0.335 e. The third kappa shape index (κ3) is 6.20. The summed E-state index contributed by atoms with van der Waals surface area (Å²) in [4.78, 5) is 53.3. The number of carbonyl (C=O) groups is 1. The summed E-state index contributed by atoms with van der Waals surface area (Å²) in [5, 5.41) is 2.56. The number of nitrogens with zero attached hydrogens (tertiary/aromatic N) is 6. The summed E-state index contributed by atoms with van der Waals surface area (Å²) in [5.74, 6) is -0.942. The summed E-state index contributed by atoms with van der Waals surface area (Å²) >= 11 is 0. The molecule has 3 aliphatic rings. The van der Waals surface area contributed by atoms with E-state index < -0.39 is 28.8 Å². The van der Waals surface area contributed by atoms with Crippen molar-refractivity contribution in [3.8, 4) is 17.3 Å². The lowest BCUT2D eigenvalue weighted by molar-refractivity contribution is 0.0845. The van der Waals surface area contributed by atoms with E-state index >= 15 is 4.39 Å². The zero-order valence-electron chi connectivity index (χ0n) is 25.3. The molecule has 0 atom stereocenters. The standard InChI is InChI=1S/C33H33F2N7O4/c1-39-13-21(14-39)15-40-11-10-25-28(18-40)36-19-37-31(25)46-29-9-6-23(12-27(29)35)38-30(43)26-17-41(16-20-2-3-20)33(45)42(32(26)44)24-7-4-22(34)5-8-24/h4-9,12,17,19-21H,2-3,10-11,13-16,18H2,1H3,(H,38,43). The van der Waals surface area contributed by atoms with E-state index in [2.05, 4.69) is 32.1 Å². The molecule has 2 aromatic carbocycles. The monoisotopic (exact) mass is 629 g/mol. The Balaban J connectivity index is 1.09. The van der Waals surface area contributed by atoms with Crippen LogP contribution in [-0.4, -0.2) is 68.0 Å². The molecule has 13 heteroatoms. The summed E-state index contributed by atoms with van der Waals surface area (Å²) < 4.78 is 36.9. The first-order valence-electron chi connectivity index (χ1n) is 15.4. The molecule has 1 saturated heterocycles. The van der Waals surface area contributed by atoms with Crippen molar-refractivity contribution < 1.29 is 18.3 Å². The van der Waals surface area contributed by atoms with Gasteiger partial charge in [-0.25, -0.2) is 28.1 Å². The van der Waals surface area contributed by atoms with Crippen molar-refractivity contribution in [3.05, 3.63) is 104 Å². The van der Waals surface area contributed by atoms with Crippen LogP contribution in [0.3, 0.4) is 0 Å². The van der Waals surface area contributed by atoms with Gasteiger partial charge in [0.1, 0.15) is 17.7 Å². The van der Waals surface area contributed by atoms with Crippen molar-refractivity contribution in [1.29, 1.82) is 0 Å². The van der Waals surface area contributed by atoms with Crippen LogP contribution in [0, 0.1) is 23.5 Å². The Bertz CT molecular complexity index is 1920. The molecule has 4 aromatic rings. The van der Waals surface area contributed by atoms with Crippen molar-refractivity contribution in [2.24, 2.45) is 11.8 Å². The van der Waals surface area contributed by atoms with Crippen LogP contribution >= 0.6 is 0 Å². The number of halogens is 2. The van der Waals surface area contributed by atoms with Crippen LogP contribution in [0.1, 0.15) is 34.5 Å². The molecule has 2 fully saturated rings. The maximum absolute atomic E-state index is 15.3. The first kappa shape index (κ1) is 29.9. The molecule has 1 amide bonds. The minimum Gasteiger partial charge on any atom is -0.436 e. The van der Waals surface area contributed by atoms with Gasteiger partial charge in [0.2, 0.25) is 5.88 Å². The van der Waals surface area contributed by atoms with Gasteiger partial charge in [0.15, 0.2) is 11.6 Å². The maximum Gasteiger partial charge on any atom is 0.335 e. The summed E-state index contributed by atoms with van der Waals surface area (Å²) in [6.07, 6.45) is 5.21. The number of fused-ring (bicyclic) bond motifs is 1. The molecule has 7 rings (SSSR count). The van der Waals surface area contributed by atoms with E-state index in [4.69, 9.17) is 4.74 Å². The summed E-state index contributed by atoms with van der Waals surface area (Å²) in [7, 11) is 2.12. The van der Waals surface area contributed by atoms with Crippen LogP contribution in [0.4, 0.5) is 14.5 Å². The van der Waals surface area contributed by atoms with Crippen LogP contribution in [0.15, 0.2) is 64.6 Å². The van der Waals surface area contributed by atoms with Crippen LogP contribution < -0.4 is 21.3 Å². The lowest BCUT2D eigenvalue weighted by atomic mass is 9.98. The van der Waals surface area contributed by atoms with Gasteiger partial charge in [-0.05, 0) is 74.5 Å². The lowest BCUT2D eigenvalue weighted by Crippen LogP contribution is -2.50. The molecule has 2 aromatic heterocycles. The summed E-state index contributed by atoms with van der Waals surface area (Å²) in [6.45, 7) is 5.05. The van der Waals surface area contributed by atoms with E-state index in [1.54, 1.807) is 0 Å². The average Bonchev–Trinajstić information content (AvgIpc) is 3.84. The van der Waals surface area contributed by atoms with E-state index in [9.17, 15) is 18.8 Å². The van der Waals surface area contributed by atoms with Crippen LogP contribution in [0.5, 0.6) is 11.6 Å². The molecule has 0 unspecified atom stereocenters. The normalized spacial score (nSPS) is 16.9. The Kier molecular flexibility index (Phi) is 7.95. The average molecular weight is 630 g/mol. The maximum atomic E-state index is 15.3. The molecule has 1 N–H and O–H groups in total. The highest BCUT2D eigenvalue weighted by atomic mass is 19.1. The number of aromatic nitrogens is 4. The minimum atomic E-state index is -0.867. The predicted molar refractivity (Wildman–Crippen MR) is 165 cm³/mol. The highest BCUT2D eigenvalue weighted by molar-refractivity contribution is 6.03. The zero-order valence-corrected chi connectivity index (χ0v) is 25.3. The number of ether oxygens (including phenoxy) is 1. The molecule has 11 nitrogen and oxygen atoms in total. The van der Waals surface area contributed by atoms with Gasteiger partial charge >= 0.3 is 5.69 Å². The van der Waals surface area contributed by atoms with Crippen LogP contribution in [0.2, 0.25) is 0 Å². The third-order valence-corrected chi connectivity index (χ3v) is 8.74. The lowest BCUT2D eigenvalue weighted by Gasteiger charge is -2.40. The number of amides is 1. The highest BCUT2D eigenvalue weighted by Gasteiger charge is 2.29. The van der Waals surface area contributed by atoms with E-state index in [-0.39, 0.29) is 28.6 Å². The van der Waals surface area contributed by atoms with Gasteiger partial charge < -0.3 is 15.0 Å². The van der Waals surface area contributed by atoms with E-state index in [0.29, 0.717) is 31.3 Å². The zero-order chi connectivity index (χ0) is 31.9. The molecule has 0 bridgehead atoms. The third-order valence-electron chi connectivity index (χ3n) is 8.74.